The van der Waals surface area contributed by atoms with E-state index < -0.39 is 0 Å². The highest BCUT2D eigenvalue weighted by molar-refractivity contribution is 5.79. The maximum absolute atomic E-state index is 13.2. The van der Waals surface area contributed by atoms with E-state index in [1.165, 1.54) is 6.42 Å². The number of benzene rings is 1. The standard InChI is InChI=1S/C27H40N4O4/c1-21-6-2-5-11-31(21)26(33)20-30-14-12-29(13-15-30)19-25(32)28-27(9-3-4-10-27)22-7-8-23-24(18-22)35-17-16-34-23/h7-8,18,21H,2-6,9-17,19-20H2,1H3,(H,28,32). The van der Waals surface area contributed by atoms with Gasteiger partial charge >= 0.3 is 0 Å². The minimum atomic E-state index is -0.327. The molecule has 0 aromatic heterocycles. The molecule has 1 N–H and O–H groups in total. The third-order valence-electron chi connectivity index (χ3n) is 8.24. The molecule has 2 amide bonds. The van der Waals surface area contributed by atoms with Crippen LogP contribution in [0.5, 0.6) is 11.5 Å². The Kier molecular flexibility index (Phi) is 7.48. The van der Waals surface area contributed by atoms with Crippen molar-refractivity contribution >= 4 is 11.8 Å². The van der Waals surface area contributed by atoms with E-state index in [9.17, 15) is 9.59 Å². The fraction of sp³-hybridized carbons (Fsp3) is 0.704. The van der Waals surface area contributed by atoms with Crippen LogP contribution in [-0.2, 0) is 15.1 Å². The smallest absolute Gasteiger partial charge is 0.236 e. The maximum Gasteiger partial charge on any atom is 0.236 e. The number of carbonyl (C=O) groups is 2. The van der Waals surface area contributed by atoms with Crippen LogP contribution < -0.4 is 14.8 Å². The van der Waals surface area contributed by atoms with Gasteiger partial charge < -0.3 is 19.7 Å². The fourth-order valence-electron chi connectivity index (χ4n) is 6.17. The zero-order valence-electron chi connectivity index (χ0n) is 21.1. The van der Waals surface area contributed by atoms with E-state index >= 15 is 0 Å². The van der Waals surface area contributed by atoms with Gasteiger partial charge in [-0.05, 0) is 56.7 Å². The van der Waals surface area contributed by atoms with Gasteiger partial charge in [0.2, 0.25) is 11.8 Å². The van der Waals surface area contributed by atoms with Crippen LogP contribution in [0.1, 0.15) is 57.4 Å². The lowest BCUT2D eigenvalue weighted by Gasteiger charge is -2.38. The predicted molar refractivity (Wildman–Crippen MR) is 134 cm³/mol. The van der Waals surface area contributed by atoms with Crippen molar-refractivity contribution in [2.24, 2.45) is 0 Å². The normalized spacial score (nSPS) is 24.8. The third kappa shape index (κ3) is 5.59. The van der Waals surface area contributed by atoms with Gasteiger partial charge in [-0.15, -0.1) is 0 Å². The third-order valence-corrected chi connectivity index (χ3v) is 8.24. The summed E-state index contributed by atoms with van der Waals surface area (Å²) in [5.41, 5.74) is 0.787. The Morgan fingerprint density at radius 3 is 2.31 bits per heavy atom. The molecule has 3 fully saturated rings. The first-order valence-electron chi connectivity index (χ1n) is 13.5. The van der Waals surface area contributed by atoms with Crippen molar-refractivity contribution in [2.75, 3.05) is 59.0 Å². The molecule has 192 valence electrons. The summed E-state index contributed by atoms with van der Waals surface area (Å²) in [5.74, 6) is 1.89. The highest BCUT2D eigenvalue weighted by Gasteiger charge is 2.38. The molecule has 1 aromatic carbocycles. The number of nitrogens with zero attached hydrogens (tertiary/aromatic N) is 3. The van der Waals surface area contributed by atoms with E-state index in [1.54, 1.807) is 0 Å². The summed E-state index contributed by atoms with van der Waals surface area (Å²) in [5, 5.41) is 3.40. The molecular weight excluding hydrogens is 444 g/mol. The van der Waals surface area contributed by atoms with Crippen LogP contribution in [0.2, 0.25) is 0 Å². The number of ether oxygens (including phenoxy) is 2. The van der Waals surface area contributed by atoms with Crippen molar-refractivity contribution in [3.05, 3.63) is 23.8 Å². The van der Waals surface area contributed by atoms with Crippen LogP contribution in [0, 0.1) is 0 Å². The van der Waals surface area contributed by atoms with E-state index in [0.717, 1.165) is 88.3 Å². The Hall–Kier alpha value is -2.32. The summed E-state index contributed by atoms with van der Waals surface area (Å²) < 4.78 is 11.5. The Bertz CT molecular complexity index is 908. The summed E-state index contributed by atoms with van der Waals surface area (Å²) >= 11 is 0. The summed E-state index contributed by atoms with van der Waals surface area (Å²) in [6.07, 6.45) is 7.57. The van der Waals surface area contributed by atoms with Crippen LogP contribution in [0.25, 0.3) is 0 Å². The largest absolute Gasteiger partial charge is 0.486 e. The van der Waals surface area contributed by atoms with Crippen molar-refractivity contribution in [3.8, 4) is 11.5 Å². The number of piperazine rings is 1. The minimum absolute atomic E-state index is 0.0773. The molecule has 5 rings (SSSR count). The van der Waals surface area contributed by atoms with Gasteiger partial charge in [0, 0.05) is 38.8 Å². The van der Waals surface area contributed by atoms with Crippen LogP contribution in [0.15, 0.2) is 18.2 Å². The first kappa shape index (κ1) is 24.4. The molecule has 3 heterocycles. The number of rotatable bonds is 6. The monoisotopic (exact) mass is 484 g/mol. The number of piperidine rings is 1. The quantitative estimate of drug-likeness (QED) is 0.668. The lowest BCUT2D eigenvalue weighted by Crippen LogP contribution is -2.54. The number of amides is 2. The van der Waals surface area contributed by atoms with Gasteiger partial charge in [0.1, 0.15) is 13.2 Å². The van der Waals surface area contributed by atoms with Crippen molar-refractivity contribution in [1.29, 1.82) is 0 Å². The molecule has 0 spiro atoms. The van der Waals surface area contributed by atoms with Crippen LogP contribution >= 0.6 is 0 Å². The second-order valence-electron chi connectivity index (χ2n) is 10.7. The first-order chi connectivity index (χ1) is 17.0. The number of likely N-dealkylation sites (tertiary alicyclic amines) is 1. The van der Waals surface area contributed by atoms with Gasteiger partial charge in [-0.25, -0.2) is 0 Å². The van der Waals surface area contributed by atoms with Gasteiger partial charge in [-0.2, -0.15) is 0 Å². The minimum Gasteiger partial charge on any atom is -0.486 e. The van der Waals surface area contributed by atoms with E-state index in [-0.39, 0.29) is 17.4 Å². The number of nitrogens with one attached hydrogen (secondary N) is 1. The Morgan fingerprint density at radius 1 is 0.914 bits per heavy atom. The zero-order chi connectivity index (χ0) is 24.3. The molecule has 4 aliphatic rings. The lowest BCUT2D eigenvalue weighted by atomic mass is 9.87. The summed E-state index contributed by atoms with van der Waals surface area (Å²) in [4.78, 5) is 32.4. The van der Waals surface area contributed by atoms with Crippen LogP contribution in [0.4, 0.5) is 0 Å². The van der Waals surface area contributed by atoms with Gasteiger partial charge in [0.15, 0.2) is 11.5 Å². The molecule has 35 heavy (non-hydrogen) atoms. The SMILES string of the molecule is CC1CCCCN1C(=O)CN1CCN(CC(=O)NC2(c3ccc4c(c3)OCCO4)CCCC2)CC1. The summed E-state index contributed by atoms with van der Waals surface area (Å²) in [6, 6.07) is 6.47. The molecule has 1 saturated carbocycles. The number of hydrogen-bond acceptors (Lipinski definition) is 6. The molecule has 0 radical (unpaired) electrons. The molecule has 3 aliphatic heterocycles. The zero-order valence-corrected chi connectivity index (χ0v) is 21.1. The Labute approximate surface area is 208 Å². The molecule has 1 atom stereocenters. The predicted octanol–water partition coefficient (Wildman–Crippen LogP) is 2.36. The number of fused-ring (bicyclic) bond motifs is 1. The van der Waals surface area contributed by atoms with E-state index in [0.29, 0.717) is 32.3 Å². The molecular formula is C27H40N4O4. The van der Waals surface area contributed by atoms with E-state index in [1.807, 2.05) is 6.07 Å². The lowest BCUT2D eigenvalue weighted by molar-refractivity contribution is -0.136. The molecule has 0 bridgehead atoms. The molecule has 1 aliphatic carbocycles. The molecule has 2 saturated heterocycles. The van der Waals surface area contributed by atoms with Gasteiger partial charge in [-0.3, -0.25) is 19.4 Å². The topological polar surface area (TPSA) is 74.4 Å². The van der Waals surface area contributed by atoms with E-state index in [4.69, 9.17) is 9.47 Å². The maximum atomic E-state index is 13.2. The van der Waals surface area contributed by atoms with Gasteiger partial charge in [-0.1, -0.05) is 18.9 Å². The second kappa shape index (κ2) is 10.7. The van der Waals surface area contributed by atoms with Crippen molar-refractivity contribution < 1.29 is 19.1 Å². The van der Waals surface area contributed by atoms with Crippen LogP contribution in [-0.4, -0.2) is 91.6 Å². The highest BCUT2D eigenvalue weighted by Crippen LogP contribution is 2.42. The molecule has 8 heteroatoms. The van der Waals surface area contributed by atoms with Gasteiger partial charge in [0.25, 0.3) is 0 Å². The molecule has 1 unspecified atom stereocenters. The number of hydrogen-bond donors (Lipinski definition) is 1. The van der Waals surface area contributed by atoms with Gasteiger partial charge in [0.05, 0.1) is 18.6 Å². The Morgan fingerprint density at radius 2 is 1.60 bits per heavy atom. The van der Waals surface area contributed by atoms with Crippen LogP contribution in [0.3, 0.4) is 0 Å². The summed E-state index contributed by atoms with van der Waals surface area (Å²) in [6.45, 7) is 8.37. The molecule has 1 aromatic rings. The van der Waals surface area contributed by atoms with Crippen molar-refractivity contribution in [2.45, 2.75) is 63.5 Å². The van der Waals surface area contributed by atoms with Crippen molar-refractivity contribution in [3.63, 3.8) is 0 Å². The van der Waals surface area contributed by atoms with E-state index in [2.05, 4.69) is 39.1 Å². The molecule has 8 nitrogen and oxygen atoms in total. The second-order valence-corrected chi connectivity index (χ2v) is 10.7. The van der Waals surface area contributed by atoms with Crippen molar-refractivity contribution in [1.82, 2.24) is 20.0 Å². The Balaban J connectivity index is 1.13. The average molecular weight is 485 g/mol. The highest BCUT2D eigenvalue weighted by atomic mass is 16.6. The fourth-order valence-corrected chi connectivity index (χ4v) is 6.17. The first-order valence-corrected chi connectivity index (χ1v) is 13.5. The average Bonchev–Trinajstić information content (AvgIpc) is 3.34. The summed E-state index contributed by atoms with van der Waals surface area (Å²) in [7, 11) is 0. The number of carbonyl (C=O) groups excluding carboxylic acids is 2.